The van der Waals surface area contributed by atoms with E-state index in [1.165, 1.54) is 40.5 Å². The molecule has 154 valence electrons. The molecular formula is C18H19F2N5OS3. The third kappa shape index (κ3) is 5.94. The molecule has 2 aromatic heterocycles. The van der Waals surface area contributed by atoms with E-state index in [1.54, 1.807) is 12.3 Å². The van der Waals surface area contributed by atoms with Crippen molar-refractivity contribution in [1.82, 2.24) is 15.2 Å². The molecule has 1 aromatic carbocycles. The number of aromatic nitrogens is 3. The van der Waals surface area contributed by atoms with Gasteiger partial charge < -0.3 is 10.6 Å². The fourth-order valence-electron chi connectivity index (χ4n) is 2.15. The molecule has 0 saturated carbocycles. The average molecular weight is 456 g/mol. The molecule has 1 amide bonds. The van der Waals surface area contributed by atoms with Gasteiger partial charge in [0, 0.05) is 17.5 Å². The quantitative estimate of drug-likeness (QED) is 0.459. The first kappa shape index (κ1) is 21.6. The van der Waals surface area contributed by atoms with Crippen LogP contribution in [0.5, 0.6) is 0 Å². The maximum atomic E-state index is 13.4. The average Bonchev–Trinajstić information content (AvgIpc) is 3.31. The van der Waals surface area contributed by atoms with Gasteiger partial charge in [-0.1, -0.05) is 36.9 Å². The first-order valence-electron chi connectivity index (χ1n) is 8.77. The number of benzene rings is 1. The van der Waals surface area contributed by atoms with Crippen LogP contribution in [0.1, 0.15) is 20.8 Å². The first-order valence-corrected chi connectivity index (χ1v) is 11.3. The normalized spacial score (nSPS) is 12.2. The van der Waals surface area contributed by atoms with Gasteiger partial charge >= 0.3 is 0 Å². The lowest BCUT2D eigenvalue weighted by molar-refractivity contribution is -0.115. The fraction of sp³-hybridized carbons (Fsp3) is 0.333. The highest BCUT2D eigenvalue weighted by Crippen LogP contribution is 2.30. The van der Waals surface area contributed by atoms with Crippen molar-refractivity contribution in [3.05, 3.63) is 35.2 Å². The van der Waals surface area contributed by atoms with Crippen molar-refractivity contribution in [3.63, 3.8) is 0 Å². The van der Waals surface area contributed by atoms with Crippen molar-refractivity contribution < 1.29 is 13.6 Å². The van der Waals surface area contributed by atoms with E-state index in [-0.39, 0.29) is 5.91 Å². The molecule has 0 aliphatic rings. The second-order valence-corrected chi connectivity index (χ2v) is 9.99. The Balaban J connectivity index is 1.57. The molecular weight excluding hydrogens is 436 g/mol. The second kappa shape index (κ2) is 9.59. The molecule has 0 aliphatic heterocycles. The van der Waals surface area contributed by atoms with Crippen molar-refractivity contribution in [3.8, 4) is 11.3 Å². The molecule has 0 aliphatic carbocycles. The van der Waals surface area contributed by atoms with E-state index in [4.69, 9.17) is 0 Å². The SMILES string of the molecule is CC(C)CNc1nnc(SC(C)C(=O)Nc2nc(-c3ccc(F)c(F)c3)cs2)s1. The molecule has 0 spiro atoms. The van der Waals surface area contributed by atoms with Crippen LogP contribution in [0.4, 0.5) is 19.0 Å². The van der Waals surface area contributed by atoms with Crippen LogP contribution in [0, 0.1) is 17.6 Å². The summed E-state index contributed by atoms with van der Waals surface area (Å²) in [5, 5.41) is 16.5. The summed E-state index contributed by atoms with van der Waals surface area (Å²) in [6.07, 6.45) is 0. The van der Waals surface area contributed by atoms with Gasteiger partial charge in [-0.05, 0) is 31.0 Å². The Morgan fingerprint density at radius 1 is 1.17 bits per heavy atom. The summed E-state index contributed by atoms with van der Waals surface area (Å²) in [6.45, 7) is 6.78. The third-order valence-corrected chi connectivity index (χ3v) is 6.49. The van der Waals surface area contributed by atoms with E-state index >= 15 is 0 Å². The summed E-state index contributed by atoms with van der Waals surface area (Å²) in [7, 11) is 0. The number of carbonyl (C=O) groups is 1. The van der Waals surface area contributed by atoms with Crippen LogP contribution in [0.25, 0.3) is 11.3 Å². The minimum absolute atomic E-state index is 0.229. The van der Waals surface area contributed by atoms with E-state index in [1.807, 2.05) is 0 Å². The highest BCUT2D eigenvalue weighted by atomic mass is 32.2. The standard InChI is InChI=1S/C18H19F2N5OS3/c1-9(2)7-21-16-24-25-18(29-16)28-10(3)15(26)23-17-22-14(8-27-17)11-4-5-12(19)13(20)6-11/h4-6,8-10H,7H2,1-3H3,(H,21,24)(H,22,23,26). The number of thiazole rings is 1. The summed E-state index contributed by atoms with van der Waals surface area (Å²) in [5.41, 5.74) is 0.910. The Morgan fingerprint density at radius 3 is 2.69 bits per heavy atom. The largest absolute Gasteiger partial charge is 0.360 e. The van der Waals surface area contributed by atoms with Gasteiger partial charge in [-0.15, -0.1) is 21.5 Å². The lowest BCUT2D eigenvalue weighted by atomic mass is 10.2. The van der Waals surface area contributed by atoms with Gasteiger partial charge in [0.25, 0.3) is 0 Å². The summed E-state index contributed by atoms with van der Waals surface area (Å²) in [6, 6.07) is 3.57. The predicted octanol–water partition coefficient (Wildman–Crippen LogP) is 5.13. The van der Waals surface area contributed by atoms with Gasteiger partial charge in [-0.25, -0.2) is 13.8 Å². The summed E-state index contributed by atoms with van der Waals surface area (Å²) in [4.78, 5) is 16.7. The monoisotopic (exact) mass is 455 g/mol. The molecule has 1 unspecified atom stereocenters. The zero-order chi connectivity index (χ0) is 21.0. The number of nitrogens with one attached hydrogen (secondary N) is 2. The molecule has 0 bridgehead atoms. The topological polar surface area (TPSA) is 79.8 Å². The minimum Gasteiger partial charge on any atom is -0.360 e. The molecule has 29 heavy (non-hydrogen) atoms. The zero-order valence-corrected chi connectivity index (χ0v) is 18.4. The molecule has 2 heterocycles. The van der Waals surface area contributed by atoms with Crippen LogP contribution in [0.3, 0.4) is 0 Å². The van der Waals surface area contributed by atoms with Crippen LogP contribution >= 0.6 is 34.4 Å². The molecule has 0 fully saturated rings. The van der Waals surface area contributed by atoms with E-state index in [0.717, 1.165) is 23.8 Å². The zero-order valence-electron chi connectivity index (χ0n) is 15.9. The van der Waals surface area contributed by atoms with Crippen LogP contribution in [0.2, 0.25) is 0 Å². The van der Waals surface area contributed by atoms with Gasteiger partial charge in [0.05, 0.1) is 10.9 Å². The van der Waals surface area contributed by atoms with E-state index < -0.39 is 16.9 Å². The summed E-state index contributed by atoms with van der Waals surface area (Å²) in [5.74, 6) is -1.59. The molecule has 3 aromatic rings. The number of hydrogen-bond donors (Lipinski definition) is 2. The maximum absolute atomic E-state index is 13.4. The second-order valence-electron chi connectivity index (χ2n) is 6.56. The summed E-state index contributed by atoms with van der Waals surface area (Å²) >= 11 is 3.93. The number of halogens is 2. The number of rotatable bonds is 8. The molecule has 3 rings (SSSR count). The van der Waals surface area contributed by atoms with Crippen molar-refractivity contribution in [1.29, 1.82) is 0 Å². The Kier molecular flexibility index (Phi) is 7.14. The highest BCUT2D eigenvalue weighted by Gasteiger charge is 2.19. The van der Waals surface area contributed by atoms with Crippen LogP contribution in [-0.4, -0.2) is 32.9 Å². The van der Waals surface area contributed by atoms with Gasteiger partial charge in [0.1, 0.15) is 0 Å². The van der Waals surface area contributed by atoms with E-state index in [2.05, 4.69) is 39.7 Å². The van der Waals surface area contributed by atoms with Gasteiger partial charge in [0.15, 0.2) is 21.1 Å². The molecule has 1 atom stereocenters. The maximum Gasteiger partial charge on any atom is 0.239 e. The first-order chi connectivity index (χ1) is 13.8. The number of amides is 1. The predicted molar refractivity (Wildman–Crippen MR) is 115 cm³/mol. The van der Waals surface area contributed by atoms with Crippen molar-refractivity contribution >= 4 is 50.6 Å². The summed E-state index contributed by atoms with van der Waals surface area (Å²) < 4.78 is 27.2. The molecule has 2 N–H and O–H groups in total. The Morgan fingerprint density at radius 2 is 1.97 bits per heavy atom. The lowest BCUT2D eigenvalue weighted by Crippen LogP contribution is -2.22. The number of nitrogens with zero attached hydrogens (tertiary/aromatic N) is 3. The highest BCUT2D eigenvalue weighted by molar-refractivity contribution is 8.02. The number of anilines is 2. The van der Waals surface area contributed by atoms with Crippen molar-refractivity contribution in [2.75, 3.05) is 17.2 Å². The van der Waals surface area contributed by atoms with Crippen molar-refractivity contribution in [2.45, 2.75) is 30.4 Å². The molecule has 6 nitrogen and oxygen atoms in total. The van der Waals surface area contributed by atoms with Crippen LogP contribution < -0.4 is 10.6 Å². The minimum atomic E-state index is -0.939. The lowest BCUT2D eigenvalue weighted by Gasteiger charge is -2.08. The van der Waals surface area contributed by atoms with E-state index in [9.17, 15) is 13.6 Å². The van der Waals surface area contributed by atoms with Crippen LogP contribution in [-0.2, 0) is 4.79 Å². The Bertz CT molecular complexity index is 992. The smallest absolute Gasteiger partial charge is 0.239 e. The van der Waals surface area contributed by atoms with Gasteiger partial charge in [-0.2, -0.15) is 0 Å². The number of hydrogen-bond acceptors (Lipinski definition) is 8. The Labute approximate surface area is 179 Å². The number of thioether (sulfide) groups is 1. The molecule has 0 saturated heterocycles. The van der Waals surface area contributed by atoms with Crippen LogP contribution in [0.15, 0.2) is 27.9 Å². The fourth-order valence-corrected chi connectivity index (χ4v) is 4.78. The van der Waals surface area contributed by atoms with Gasteiger partial charge in [0.2, 0.25) is 11.0 Å². The molecule has 11 heteroatoms. The third-order valence-electron chi connectivity index (χ3n) is 3.66. The number of carbonyl (C=O) groups excluding carboxylic acids is 1. The molecule has 0 radical (unpaired) electrons. The van der Waals surface area contributed by atoms with E-state index in [0.29, 0.717) is 26.6 Å². The van der Waals surface area contributed by atoms with Gasteiger partial charge in [-0.3, -0.25) is 4.79 Å². The Hall–Kier alpha value is -2.11. The van der Waals surface area contributed by atoms with Crippen molar-refractivity contribution in [2.24, 2.45) is 5.92 Å².